The van der Waals surface area contributed by atoms with Gasteiger partial charge in [0.05, 0.1) is 30.1 Å². The van der Waals surface area contributed by atoms with Crippen molar-refractivity contribution in [1.82, 2.24) is 4.98 Å². The number of hydrogen-bond donors (Lipinski definition) is 2. The molecule has 1 atom stereocenters. The third-order valence-electron chi connectivity index (χ3n) is 2.85. The Balaban J connectivity index is 2.09. The van der Waals surface area contributed by atoms with Gasteiger partial charge in [-0.3, -0.25) is 4.98 Å². The van der Waals surface area contributed by atoms with Crippen LogP contribution in [0.5, 0.6) is 0 Å². The van der Waals surface area contributed by atoms with E-state index in [0.717, 1.165) is 5.56 Å². The summed E-state index contributed by atoms with van der Waals surface area (Å²) in [6.07, 6.45) is 3.87. The Bertz CT molecular complexity index is 563. The summed E-state index contributed by atoms with van der Waals surface area (Å²) in [6, 6.07) is 13.5. The molecule has 0 aliphatic rings. The molecule has 4 heteroatoms. The van der Waals surface area contributed by atoms with Crippen LogP contribution in [0.3, 0.4) is 0 Å². The maximum Gasteiger partial charge on any atom is 0.101 e. The van der Waals surface area contributed by atoms with Gasteiger partial charge in [0.15, 0.2) is 0 Å². The summed E-state index contributed by atoms with van der Waals surface area (Å²) < 4.78 is 0. The molecule has 0 saturated carbocycles. The van der Waals surface area contributed by atoms with E-state index in [1.807, 2.05) is 30.3 Å². The van der Waals surface area contributed by atoms with Gasteiger partial charge < -0.3 is 10.4 Å². The van der Waals surface area contributed by atoms with Crippen molar-refractivity contribution in [2.24, 2.45) is 0 Å². The van der Waals surface area contributed by atoms with Crippen LogP contribution in [-0.4, -0.2) is 22.7 Å². The van der Waals surface area contributed by atoms with Crippen molar-refractivity contribution < 1.29 is 5.11 Å². The predicted molar refractivity (Wildman–Crippen MR) is 73.6 cm³/mol. The third-order valence-corrected chi connectivity index (χ3v) is 2.85. The lowest BCUT2D eigenvalue weighted by Gasteiger charge is -2.18. The Morgan fingerprint density at radius 3 is 2.74 bits per heavy atom. The molecule has 0 aliphatic carbocycles. The average Bonchev–Trinajstić information content (AvgIpc) is 2.48. The topological polar surface area (TPSA) is 68.9 Å². The Morgan fingerprint density at radius 1 is 1.26 bits per heavy atom. The van der Waals surface area contributed by atoms with Crippen molar-refractivity contribution in [2.75, 3.05) is 11.9 Å². The van der Waals surface area contributed by atoms with Crippen LogP contribution in [-0.2, 0) is 6.42 Å². The second-order valence-electron chi connectivity index (χ2n) is 4.25. The van der Waals surface area contributed by atoms with Crippen molar-refractivity contribution in [1.29, 1.82) is 5.26 Å². The highest BCUT2D eigenvalue weighted by molar-refractivity contribution is 5.56. The summed E-state index contributed by atoms with van der Waals surface area (Å²) in [7, 11) is 0. The minimum absolute atomic E-state index is 0.00530. The molecule has 0 radical (unpaired) electrons. The Kier molecular flexibility index (Phi) is 4.49. The van der Waals surface area contributed by atoms with E-state index in [0.29, 0.717) is 17.7 Å². The molecule has 0 aliphatic heterocycles. The number of nitrogens with one attached hydrogen (secondary N) is 1. The molecule has 0 amide bonds. The molecule has 2 N–H and O–H groups in total. The van der Waals surface area contributed by atoms with Gasteiger partial charge in [-0.05, 0) is 18.1 Å². The SMILES string of the molecule is N#Cc1ccncc1NC(CO)Cc1ccccc1. The van der Waals surface area contributed by atoms with Gasteiger partial charge in [0.2, 0.25) is 0 Å². The normalized spacial score (nSPS) is 11.6. The van der Waals surface area contributed by atoms with Crippen LogP contribution in [0.1, 0.15) is 11.1 Å². The molecule has 1 heterocycles. The van der Waals surface area contributed by atoms with Crippen LogP contribution in [0.4, 0.5) is 5.69 Å². The zero-order valence-corrected chi connectivity index (χ0v) is 10.5. The molecule has 96 valence electrons. The number of benzene rings is 1. The largest absolute Gasteiger partial charge is 0.394 e. The molecular formula is C15H15N3O. The zero-order chi connectivity index (χ0) is 13.5. The fraction of sp³-hybridized carbons (Fsp3) is 0.200. The van der Waals surface area contributed by atoms with E-state index in [4.69, 9.17) is 5.26 Å². The van der Waals surface area contributed by atoms with E-state index in [2.05, 4.69) is 16.4 Å². The van der Waals surface area contributed by atoms with Gasteiger partial charge in [-0.15, -0.1) is 0 Å². The third kappa shape index (κ3) is 3.54. The lowest BCUT2D eigenvalue weighted by molar-refractivity contribution is 0.273. The summed E-state index contributed by atoms with van der Waals surface area (Å²) in [5.74, 6) is 0. The number of pyridine rings is 1. The van der Waals surface area contributed by atoms with Crippen LogP contribution < -0.4 is 5.32 Å². The number of aromatic nitrogens is 1. The van der Waals surface area contributed by atoms with E-state index in [1.165, 1.54) is 0 Å². The summed E-state index contributed by atoms with van der Waals surface area (Å²) in [6.45, 7) is -0.00530. The molecular weight excluding hydrogens is 238 g/mol. The number of nitriles is 1. The van der Waals surface area contributed by atoms with Crippen molar-refractivity contribution >= 4 is 5.69 Å². The predicted octanol–water partition coefficient (Wildman–Crippen LogP) is 1.97. The summed E-state index contributed by atoms with van der Waals surface area (Å²) in [5.41, 5.74) is 2.32. The maximum atomic E-state index is 9.45. The number of aliphatic hydroxyl groups is 1. The van der Waals surface area contributed by atoms with E-state index in [1.54, 1.807) is 18.5 Å². The molecule has 0 spiro atoms. The smallest absolute Gasteiger partial charge is 0.101 e. The first-order valence-corrected chi connectivity index (χ1v) is 6.09. The summed E-state index contributed by atoms with van der Waals surface area (Å²) >= 11 is 0. The lowest BCUT2D eigenvalue weighted by atomic mass is 10.1. The quantitative estimate of drug-likeness (QED) is 0.854. The first-order valence-electron chi connectivity index (χ1n) is 6.09. The first-order chi connectivity index (χ1) is 9.33. The number of anilines is 1. The average molecular weight is 253 g/mol. The number of nitrogens with zero attached hydrogens (tertiary/aromatic N) is 2. The highest BCUT2D eigenvalue weighted by Gasteiger charge is 2.10. The Hall–Kier alpha value is -2.38. The highest BCUT2D eigenvalue weighted by atomic mass is 16.3. The molecule has 4 nitrogen and oxygen atoms in total. The Labute approximate surface area is 112 Å². The highest BCUT2D eigenvalue weighted by Crippen LogP contribution is 2.15. The van der Waals surface area contributed by atoms with Gasteiger partial charge in [0.25, 0.3) is 0 Å². The molecule has 1 aromatic heterocycles. The fourth-order valence-corrected chi connectivity index (χ4v) is 1.89. The summed E-state index contributed by atoms with van der Waals surface area (Å²) in [5, 5.41) is 21.6. The number of aliphatic hydroxyl groups excluding tert-OH is 1. The van der Waals surface area contributed by atoms with Gasteiger partial charge in [-0.2, -0.15) is 5.26 Å². The number of hydrogen-bond acceptors (Lipinski definition) is 4. The van der Waals surface area contributed by atoms with Gasteiger partial charge in [-0.25, -0.2) is 0 Å². The van der Waals surface area contributed by atoms with Crippen molar-refractivity contribution in [3.63, 3.8) is 0 Å². The van der Waals surface area contributed by atoms with Gasteiger partial charge in [-0.1, -0.05) is 30.3 Å². The molecule has 19 heavy (non-hydrogen) atoms. The molecule has 0 bridgehead atoms. The maximum absolute atomic E-state index is 9.45. The van der Waals surface area contributed by atoms with Crippen molar-refractivity contribution in [3.8, 4) is 6.07 Å². The molecule has 1 aromatic carbocycles. The van der Waals surface area contributed by atoms with E-state index in [-0.39, 0.29) is 12.6 Å². The molecule has 2 rings (SSSR count). The van der Waals surface area contributed by atoms with Crippen molar-refractivity contribution in [3.05, 3.63) is 59.9 Å². The Morgan fingerprint density at radius 2 is 2.05 bits per heavy atom. The number of rotatable bonds is 5. The fourth-order valence-electron chi connectivity index (χ4n) is 1.89. The second-order valence-corrected chi connectivity index (χ2v) is 4.25. The molecule has 0 saturated heterocycles. The van der Waals surface area contributed by atoms with E-state index >= 15 is 0 Å². The molecule has 0 fully saturated rings. The van der Waals surface area contributed by atoms with Crippen LogP contribution in [0.25, 0.3) is 0 Å². The monoisotopic (exact) mass is 253 g/mol. The molecule has 2 aromatic rings. The minimum atomic E-state index is -0.140. The minimum Gasteiger partial charge on any atom is -0.394 e. The first kappa shape index (κ1) is 13.1. The van der Waals surface area contributed by atoms with Gasteiger partial charge in [0, 0.05) is 6.20 Å². The molecule has 1 unspecified atom stereocenters. The lowest BCUT2D eigenvalue weighted by Crippen LogP contribution is -2.26. The van der Waals surface area contributed by atoms with Crippen LogP contribution in [0.15, 0.2) is 48.8 Å². The standard InChI is InChI=1S/C15H15N3O/c16-9-13-6-7-17-10-15(13)18-14(11-19)8-12-4-2-1-3-5-12/h1-7,10,14,18-19H,8,11H2. The zero-order valence-electron chi connectivity index (χ0n) is 10.5. The van der Waals surface area contributed by atoms with E-state index in [9.17, 15) is 5.11 Å². The van der Waals surface area contributed by atoms with Gasteiger partial charge in [0.1, 0.15) is 6.07 Å². The van der Waals surface area contributed by atoms with E-state index < -0.39 is 0 Å². The van der Waals surface area contributed by atoms with Crippen LogP contribution in [0.2, 0.25) is 0 Å². The summed E-state index contributed by atoms with van der Waals surface area (Å²) in [4.78, 5) is 3.99. The second kappa shape index (κ2) is 6.53. The van der Waals surface area contributed by atoms with Crippen LogP contribution in [0, 0.1) is 11.3 Å². The van der Waals surface area contributed by atoms with Crippen molar-refractivity contribution in [2.45, 2.75) is 12.5 Å². The van der Waals surface area contributed by atoms with Crippen LogP contribution >= 0.6 is 0 Å². The van der Waals surface area contributed by atoms with Gasteiger partial charge >= 0.3 is 0 Å².